The maximum atomic E-state index is 13.9. The van der Waals surface area contributed by atoms with Crippen LogP contribution in [-0.2, 0) is 4.79 Å². The highest BCUT2D eigenvalue weighted by atomic mass is 19.4. The normalized spacial score (nSPS) is 25.9. The van der Waals surface area contributed by atoms with Crippen LogP contribution < -0.4 is 10.6 Å². The number of likely N-dealkylation sites (tertiary alicyclic amines) is 1. The third-order valence-electron chi connectivity index (χ3n) is 5.17. The number of benzene rings is 1. The first-order valence-corrected chi connectivity index (χ1v) is 9.02. The number of nitrogens with zero attached hydrogens (tertiary/aromatic N) is 2. The molecule has 0 aliphatic carbocycles. The van der Waals surface area contributed by atoms with Crippen LogP contribution in [0, 0.1) is 0 Å². The summed E-state index contributed by atoms with van der Waals surface area (Å²) >= 11 is 0. The molecule has 4 amide bonds. The van der Waals surface area contributed by atoms with Gasteiger partial charge in [-0.15, -0.1) is 0 Å². The van der Waals surface area contributed by atoms with Gasteiger partial charge in [0.2, 0.25) is 0 Å². The standard InChI is InChI=1S/C18H21F3N4O3/c1-2-24-10-6-9-13(24)11-25-15(27)17(18(19,20)21,23-16(25)28)22-14(26)12-7-4-3-5-8-12/h3-5,7-8,13H,2,6,9-11H2,1H3,(H,22,26)(H,23,28). The molecule has 152 valence electrons. The van der Waals surface area contributed by atoms with E-state index in [1.807, 2.05) is 11.8 Å². The van der Waals surface area contributed by atoms with E-state index in [4.69, 9.17) is 0 Å². The topological polar surface area (TPSA) is 81.8 Å². The fraction of sp³-hybridized carbons (Fsp3) is 0.500. The molecule has 0 bridgehead atoms. The van der Waals surface area contributed by atoms with Crippen molar-refractivity contribution in [2.24, 2.45) is 0 Å². The lowest BCUT2D eigenvalue weighted by Crippen LogP contribution is -2.69. The van der Waals surface area contributed by atoms with Crippen LogP contribution in [0.2, 0.25) is 0 Å². The van der Waals surface area contributed by atoms with Gasteiger partial charge in [-0.25, -0.2) is 4.79 Å². The van der Waals surface area contributed by atoms with E-state index in [1.165, 1.54) is 24.3 Å². The van der Waals surface area contributed by atoms with E-state index >= 15 is 0 Å². The molecular formula is C18H21F3N4O3. The van der Waals surface area contributed by atoms with Crippen molar-refractivity contribution in [1.29, 1.82) is 0 Å². The Balaban J connectivity index is 1.86. The zero-order chi connectivity index (χ0) is 20.5. The van der Waals surface area contributed by atoms with Gasteiger partial charge in [-0.2, -0.15) is 13.2 Å². The Labute approximate surface area is 159 Å². The molecule has 2 heterocycles. The summed E-state index contributed by atoms with van der Waals surface area (Å²) in [5.74, 6) is -2.62. The molecule has 2 atom stereocenters. The minimum absolute atomic E-state index is 0.0559. The van der Waals surface area contributed by atoms with Crippen LogP contribution in [0.3, 0.4) is 0 Å². The lowest BCUT2D eigenvalue weighted by Gasteiger charge is -2.30. The van der Waals surface area contributed by atoms with Crippen LogP contribution in [0.25, 0.3) is 0 Å². The summed E-state index contributed by atoms with van der Waals surface area (Å²) in [6.45, 7) is 3.19. The van der Waals surface area contributed by atoms with Gasteiger partial charge in [0.05, 0.1) is 0 Å². The van der Waals surface area contributed by atoms with E-state index in [9.17, 15) is 27.6 Å². The first-order valence-electron chi connectivity index (χ1n) is 9.02. The highest BCUT2D eigenvalue weighted by Crippen LogP contribution is 2.34. The number of rotatable bonds is 5. The van der Waals surface area contributed by atoms with Crippen molar-refractivity contribution in [3.63, 3.8) is 0 Å². The van der Waals surface area contributed by atoms with Gasteiger partial charge in [0, 0.05) is 18.2 Å². The van der Waals surface area contributed by atoms with Crippen molar-refractivity contribution < 1.29 is 27.6 Å². The first-order chi connectivity index (χ1) is 13.2. The van der Waals surface area contributed by atoms with Gasteiger partial charge in [-0.05, 0) is 38.1 Å². The number of carbonyl (C=O) groups excluding carboxylic acids is 3. The molecule has 10 heteroatoms. The Bertz CT molecular complexity index is 771. The summed E-state index contributed by atoms with van der Waals surface area (Å²) in [7, 11) is 0. The lowest BCUT2D eigenvalue weighted by molar-refractivity contribution is -0.200. The summed E-state index contributed by atoms with van der Waals surface area (Å²) in [5.41, 5.74) is -3.54. The minimum atomic E-state index is -5.21. The zero-order valence-electron chi connectivity index (χ0n) is 15.3. The predicted molar refractivity (Wildman–Crippen MR) is 93.2 cm³/mol. The van der Waals surface area contributed by atoms with Gasteiger partial charge in [0.25, 0.3) is 17.5 Å². The van der Waals surface area contributed by atoms with E-state index in [1.54, 1.807) is 16.7 Å². The average molecular weight is 398 g/mol. The number of likely N-dealkylation sites (N-methyl/N-ethyl adjacent to an activating group) is 1. The Morgan fingerprint density at radius 1 is 1.29 bits per heavy atom. The molecule has 2 aliphatic heterocycles. The summed E-state index contributed by atoms with van der Waals surface area (Å²) < 4.78 is 41.6. The van der Waals surface area contributed by atoms with Crippen molar-refractivity contribution in [2.75, 3.05) is 19.6 Å². The molecule has 2 fully saturated rings. The molecule has 1 aromatic carbocycles. The van der Waals surface area contributed by atoms with Crippen LogP contribution in [0.4, 0.5) is 18.0 Å². The molecule has 0 spiro atoms. The Hall–Kier alpha value is -2.62. The molecule has 28 heavy (non-hydrogen) atoms. The second-order valence-electron chi connectivity index (χ2n) is 6.84. The van der Waals surface area contributed by atoms with Crippen molar-refractivity contribution in [3.8, 4) is 0 Å². The van der Waals surface area contributed by atoms with Crippen molar-refractivity contribution in [3.05, 3.63) is 35.9 Å². The molecular weight excluding hydrogens is 377 g/mol. The van der Waals surface area contributed by atoms with Gasteiger partial charge in [0.15, 0.2) is 0 Å². The molecule has 7 nitrogen and oxygen atoms in total. The van der Waals surface area contributed by atoms with Crippen LogP contribution in [0.5, 0.6) is 0 Å². The monoisotopic (exact) mass is 398 g/mol. The molecule has 3 rings (SSSR count). The smallest absolute Gasteiger partial charge is 0.314 e. The quantitative estimate of drug-likeness (QED) is 0.740. The van der Waals surface area contributed by atoms with Crippen LogP contribution in [0.15, 0.2) is 30.3 Å². The average Bonchev–Trinajstić information content (AvgIpc) is 3.20. The highest BCUT2D eigenvalue weighted by molar-refractivity contribution is 6.10. The number of carbonyl (C=O) groups is 3. The second kappa shape index (κ2) is 7.42. The maximum Gasteiger partial charge on any atom is 0.440 e. The Morgan fingerprint density at radius 3 is 2.57 bits per heavy atom. The number of nitrogens with one attached hydrogen (secondary N) is 2. The van der Waals surface area contributed by atoms with E-state index in [0.29, 0.717) is 17.9 Å². The fourth-order valence-electron chi connectivity index (χ4n) is 3.65. The number of imide groups is 1. The van der Waals surface area contributed by atoms with Gasteiger partial charge in [-0.3, -0.25) is 24.7 Å². The summed E-state index contributed by atoms with van der Waals surface area (Å²) in [6.07, 6.45) is -3.68. The second-order valence-corrected chi connectivity index (χ2v) is 6.84. The van der Waals surface area contributed by atoms with E-state index < -0.39 is 29.7 Å². The molecule has 0 radical (unpaired) electrons. The number of halogens is 3. The third-order valence-corrected chi connectivity index (χ3v) is 5.17. The van der Waals surface area contributed by atoms with Crippen molar-refractivity contribution in [1.82, 2.24) is 20.4 Å². The number of urea groups is 1. The van der Waals surface area contributed by atoms with Crippen LogP contribution in [-0.4, -0.2) is 65.2 Å². The number of hydrogen-bond acceptors (Lipinski definition) is 4. The Morgan fingerprint density at radius 2 is 1.96 bits per heavy atom. The fourth-order valence-corrected chi connectivity index (χ4v) is 3.65. The largest absolute Gasteiger partial charge is 0.440 e. The predicted octanol–water partition coefficient (Wildman–Crippen LogP) is 1.71. The third kappa shape index (κ3) is 3.44. The summed E-state index contributed by atoms with van der Waals surface area (Å²) in [4.78, 5) is 39.9. The van der Waals surface area contributed by atoms with Crippen LogP contribution >= 0.6 is 0 Å². The molecule has 0 aromatic heterocycles. The SMILES string of the molecule is CCN1CCCC1CN1C(=O)NC(NC(=O)c2ccccc2)(C(F)(F)F)C1=O. The Kier molecular flexibility index (Phi) is 5.33. The number of alkyl halides is 3. The molecule has 2 N–H and O–H groups in total. The molecule has 2 saturated heterocycles. The van der Waals surface area contributed by atoms with Gasteiger partial charge >= 0.3 is 12.2 Å². The summed E-state index contributed by atoms with van der Waals surface area (Å²) in [5, 5.41) is 3.38. The minimum Gasteiger partial charge on any atom is -0.314 e. The van der Waals surface area contributed by atoms with Gasteiger partial charge < -0.3 is 5.32 Å². The molecule has 2 aliphatic rings. The first kappa shape index (κ1) is 20.1. The lowest BCUT2D eigenvalue weighted by atomic mass is 10.1. The number of hydrogen-bond donors (Lipinski definition) is 2. The molecule has 0 saturated carbocycles. The van der Waals surface area contributed by atoms with Gasteiger partial charge in [0.1, 0.15) is 0 Å². The van der Waals surface area contributed by atoms with Crippen molar-refractivity contribution >= 4 is 17.8 Å². The summed E-state index contributed by atoms with van der Waals surface area (Å²) in [6, 6.07) is 5.83. The van der Waals surface area contributed by atoms with E-state index in [0.717, 1.165) is 13.0 Å². The van der Waals surface area contributed by atoms with Gasteiger partial charge in [-0.1, -0.05) is 25.1 Å². The maximum absolute atomic E-state index is 13.9. The van der Waals surface area contributed by atoms with Crippen molar-refractivity contribution in [2.45, 2.75) is 37.6 Å². The number of amides is 4. The zero-order valence-corrected chi connectivity index (χ0v) is 15.3. The highest BCUT2D eigenvalue weighted by Gasteiger charge is 2.69. The molecule has 1 aromatic rings. The van der Waals surface area contributed by atoms with E-state index in [2.05, 4.69) is 0 Å². The molecule has 2 unspecified atom stereocenters. The van der Waals surface area contributed by atoms with E-state index in [-0.39, 0.29) is 18.2 Å². The van der Waals surface area contributed by atoms with Crippen LogP contribution in [0.1, 0.15) is 30.1 Å².